The van der Waals surface area contributed by atoms with Crippen molar-refractivity contribution in [2.75, 3.05) is 42.3 Å². The summed E-state index contributed by atoms with van der Waals surface area (Å²) in [4.78, 5) is 21.8. The van der Waals surface area contributed by atoms with Gasteiger partial charge in [0.15, 0.2) is 5.82 Å². The molecule has 0 unspecified atom stereocenters. The van der Waals surface area contributed by atoms with Crippen molar-refractivity contribution in [2.45, 2.75) is 25.9 Å². The number of halogens is 1. The summed E-state index contributed by atoms with van der Waals surface area (Å²) in [6.07, 6.45) is 0. The van der Waals surface area contributed by atoms with E-state index in [1.54, 1.807) is 28.8 Å². The molecule has 2 aliphatic heterocycles. The second kappa shape index (κ2) is 8.70. The zero-order valence-electron chi connectivity index (χ0n) is 19.9. The number of amides is 1. The van der Waals surface area contributed by atoms with Crippen LogP contribution in [0.2, 0.25) is 0 Å². The zero-order valence-corrected chi connectivity index (χ0v) is 19.9. The molecule has 182 valence electrons. The van der Waals surface area contributed by atoms with Gasteiger partial charge in [-0.15, -0.1) is 0 Å². The first-order valence-electron chi connectivity index (χ1n) is 11.5. The average molecular weight is 478 g/mol. The lowest BCUT2D eigenvalue weighted by Gasteiger charge is -2.30. The normalized spacial score (nSPS) is 16.1. The van der Waals surface area contributed by atoms with Gasteiger partial charge < -0.3 is 15.7 Å². The first kappa shape index (κ1) is 22.9. The van der Waals surface area contributed by atoms with Gasteiger partial charge in [0.25, 0.3) is 5.91 Å². The fourth-order valence-electron chi connectivity index (χ4n) is 4.36. The number of carbonyl (C=O) groups excluding carboxylic acids is 1. The second-order valence-electron chi connectivity index (χ2n) is 9.36. The Morgan fingerprint density at radius 2 is 1.77 bits per heavy atom. The molecule has 1 aromatic heterocycles. The van der Waals surface area contributed by atoms with Gasteiger partial charge in [-0.05, 0) is 55.8 Å². The third-order valence-corrected chi connectivity index (χ3v) is 6.03. The summed E-state index contributed by atoms with van der Waals surface area (Å²) in [6.45, 7) is 5.60. The number of hydrogen-bond donors (Lipinski definition) is 3. The fourth-order valence-corrected chi connectivity index (χ4v) is 4.36. The first-order chi connectivity index (χ1) is 16.8. The number of anilines is 4. The Morgan fingerprint density at radius 1 is 1.09 bits per heavy atom. The zero-order chi connectivity index (χ0) is 24.7. The summed E-state index contributed by atoms with van der Waals surface area (Å²) in [7, 11) is 1.72. The number of fused-ring (bicyclic) bond motifs is 3. The quantitative estimate of drug-likeness (QED) is 0.483. The van der Waals surface area contributed by atoms with Gasteiger partial charge in [0.2, 0.25) is 5.96 Å². The molecular weight excluding hydrogens is 449 g/mol. The smallest absolute Gasteiger partial charge is 0.267 e. The van der Waals surface area contributed by atoms with Crippen molar-refractivity contribution in [1.29, 1.82) is 0 Å². The van der Waals surface area contributed by atoms with E-state index < -0.39 is 0 Å². The number of guanidine groups is 1. The Kier molecular flexibility index (Phi) is 5.68. The van der Waals surface area contributed by atoms with Gasteiger partial charge in [-0.25, -0.2) is 14.1 Å². The summed E-state index contributed by atoms with van der Waals surface area (Å²) in [5.74, 6) is 1.15. The van der Waals surface area contributed by atoms with Crippen molar-refractivity contribution in [3.8, 4) is 0 Å². The van der Waals surface area contributed by atoms with Crippen molar-refractivity contribution in [1.82, 2.24) is 14.7 Å². The van der Waals surface area contributed by atoms with Crippen molar-refractivity contribution in [3.05, 3.63) is 65.5 Å². The molecule has 0 spiro atoms. The van der Waals surface area contributed by atoms with E-state index in [-0.39, 0.29) is 23.9 Å². The van der Waals surface area contributed by atoms with Crippen LogP contribution in [0.1, 0.15) is 29.8 Å². The Morgan fingerprint density at radius 3 is 2.46 bits per heavy atom. The number of carbonyl (C=O) groups is 1. The van der Waals surface area contributed by atoms with Crippen LogP contribution in [0, 0.1) is 5.82 Å². The maximum absolute atomic E-state index is 13.5. The number of rotatable bonds is 7. The summed E-state index contributed by atoms with van der Waals surface area (Å²) >= 11 is 0. The van der Waals surface area contributed by atoms with E-state index in [1.807, 2.05) is 43.0 Å². The van der Waals surface area contributed by atoms with E-state index in [2.05, 4.69) is 10.6 Å². The molecule has 0 fully saturated rings. The Hall–Kier alpha value is -3.92. The molecule has 0 bridgehead atoms. The van der Waals surface area contributed by atoms with Crippen LogP contribution in [-0.2, 0) is 6.54 Å². The molecule has 0 saturated carbocycles. The second-order valence-corrected chi connectivity index (χ2v) is 9.36. The Labute approximate surface area is 202 Å². The predicted octanol–water partition coefficient (Wildman–Crippen LogP) is 3.26. The van der Waals surface area contributed by atoms with Crippen LogP contribution in [0.15, 0.2) is 53.5 Å². The highest BCUT2D eigenvalue weighted by atomic mass is 19.1. The number of benzene rings is 2. The molecule has 3 N–H and O–H groups in total. The number of nitrogens with one attached hydrogen (secondary N) is 2. The van der Waals surface area contributed by atoms with Crippen molar-refractivity contribution >= 4 is 34.9 Å². The molecule has 9 nitrogen and oxygen atoms in total. The molecule has 5 rings (SSSR count). The van der Waals surface area contributed by atoms with Gasteiger partial charge in [-0.1, -0.05) is 12.1 Å². The molecule has 35 heavy (non-hydrogen) atoms. The molecule has 3 heterocycles. The highest BCUT2D eigenvalue weighted by Crippen LogP contribution is 2.38. The largest absolute Gasteiger partial charge is 0.395 e. The van der Waals surface area contributed by atoms with Crippen molar-refractivity contribution in [3.63, 3.8) is 0 Å². The highest BCUT2D eigenvalue weighted by Gasteiger charge is 2.45. The maximum atomic E-state index is 13.5. The summed E-state index contributed by atoms with van der Waals surface area (Å²) in [5.41, 5.74) is 2.64. The van der Waals surface area contributed by atoms with E-state index in [9.17, 15) is 9.18 Å². The molecule has 3 aromatic rings. The minimum absolute atomic E-state index is 0.0556. The van der Waals surface area contributed by atoms with E-state index in [1.165, 1.54) is 12.1 Å². The molecule has 0 aliphatic carbocycles. The SMILES string of the molecule is CN1C(=O)c2c(nn(Cc3ccc(NCCO)cc3)c2Nc2ccc(F)cc2)N2CC(C)(C)N=C12. The van der Waals surface area contributed by atoms with E-state index in [0.29, 0.717) is 48.5 Å². The lowest BCUT2D eigenvalue weighted by molar-refractivity contribution is 0.0866. The van der Waals surface area contributed by atoms with Crippen LogP contribution in [0.5, 0.6) is 0 Å². The monoisotopic (exact) mass is 477 g/mol. The molecule has 10 heteroatoms. The Bertz CT molecular complexity index is 1280. The van der Waals surface area contributed by atoms with E-state index >= 15 is 0 Å². The number of aliphatic hydroxyl groups is 1. The van der Waals surface area contributed by atoms with E-state index in [0.717, 1.165) is 11.3 Å². The lowest BCUT2D eigenvalue weighted by Crippen LogP contribution is -2.48. The Balaban J connectivity index is 1.55. The third kappa shape index (κ3) is 4.32. The van der Waals surface area contributed by atoms with Gasteiger partial charge in [0, 0.05) is 25.0 Å². The summed E-state index contributed by atoms with van der Waals surface area (Å²) in [5, 5.41) is 20.3. The van der Waals surface area contributed by atoms with Crippen molar-refractivity contribution < 1.29 is 14.3 Å². The maximum Gasteiger partial charge on any atom is 0.267 e. The van der Waals surface area contributed by atoms with Crippen LogP contribution in [-0.4, -0.2) is 63.9 Å². The third-order valence-electron chi connectivity index (χ3n) is 6.03. The van der Waals surface area contributed by atoms with Gasteiger partial charge in [0.05, 0.1) is 25.2 Å². The van der Waals surface area contributed by atoms with Crippen LogP contribution in [0.3, 0.4) is 0 Å². The number of hydrogen-bond acceptors (Lipinski definition) is 7. The highest BCUT2D eigenvalue weighted by molar-refractivity contribution is 6.20. The lowest BCUT2D eigenvalue weighted by atomic mass is 10.1. The molecule has 1 amide bonds. The van der Waals surface area contributed by atoms with Crippen LogP contribution in [0.25, 0.3) is 0 Å². The molecule has 2 aliphatic rings. The summed E-state index contributed by atoms with van der Waals surface area (Å²) in [6, 6.07) is 13.8. The molecule has 0 atom stereocenters. The van der Waals surface area contributed by atoms with Gasteiger partial charge >= 0.3 is 0 Å². The van der Waals surface area contributed by atoms with E-state index in [4.69, 9.17) is 15.2 Å². The van der Waals surface area contributed by atoms with Gasteiger partial charge in [-0.2, -0.15) is 5.10 Å². The number of nitrogens with zero attached hydrogens (tertiary/aromatic N) is 5. The molecule has 2 aromatic carbocycles. The minimum atomic E-state index is -0.350. The first-order valence-corrected chi connectivity index (χ1v) is 11.5. The van der Waals surface area contributed by atoms with Gasteiger partial charge in [-0.3, -0.25) is 14.6 Å². The topological polar surface area (TPSA) is 98.0 Å². The van der Waals surface area contributed by atoms with Crippen LogP contribution < -0.4 is 15.5 Å². The fraction of sp³-hybridized carbons (Fsp3) is 0.320. The molecule has 0 saturated heterocycles. The molecular formula is C25H28FN7O2. The number of aromatic nitrogens is 2. The number of aliphatic hydroxyl groups excluding tert-OH is 1. The van der Waals surface area contributed by atoms with Crippen LogP contribution >= 0.6 is 0 Å². The standard InChI is InChI=1S/C25H28FN7O2/c1-25(2)15-32-22-20(23(35)31(3)24(32)29-25)21(28-19-10-6-17(26)7-11-19)33(30-22)14-16-4-8-18(9-5-16)27-12-13-34/h4-11,27-28,34H,12-15H2,1-3H3. The minimum Gasteiger partial charge on any atom is -0.395 e. The van der Waals surface area contributed by atoms with Gasteiger partial charge in [0.1, 0.15) is 17.2 Å². The van der Waals surface area contributed by atoms with Crippen molar-refractivity contribution in [2.24, 2.45) is 4.99 Å². The van der Waals surface area contributed by atoms with Crippen LogP contribution in [0.4, 0.5) is 27.4 Å². The average Bonchev–Trinajstić information content (AvgIpc) is 3.35. The molecule has 0 radical (unpaired) electrons. The predicted molar refractivity (Wildman–Crippen MR) is 134 cm³/mol. The summed E-state index contributed by atoms with van der Waals surface area (Å²) < 4.78 is 15.3. The number of aliphatic imine (C=N–C) groups is 1.